The molecule has 1 atom stereocenters. The number of nitrogens with one attached hydrogen (secondary N) is 2. The topological polar surface area (TPSA) is 70.6 Å². The van der Waals surface area contributed by atoms with E-state index in [4.69, 9.17) is 0 Å². The first kappa shape index (κ1) is 21.5. The van der Waals surface area contributed by atoms with Crippen molar-refractivity contribution in [2.24, 2.45) is 4.99 Å². The fraction of sp³-hybridized carbons (Fsp3) is 0.632. The molecule has 0 bridgehead atoms. The van der Waals surface area contributed by atoms with E-state index in [9.17, 15) is 8.42 Å². The van der Waals surface area contributed by atoms with E-state index in [-0.39, 0.29) is 0 Å². The lowest BCUT2D eigenvalue weighted by molar-refractivity contribution is 0.537. The Hall–Kier alpha value is -1.56. The summed E-state index contributed by atoms with van der Waals surface area (Å²) in [5.74, 6) is 0.816. The molecule has 5 nitrogen and oxygen atoms in total. The molecule has 0 aliphatic rings. The number of guanidine groups is 1. The van der Waals surface area contributed by atoms with Crippen LogP contribution in [-0.2, 0) is 16.3 Å². The third kappa shape index (κ3) is 8.91. The third-order valence-electron chi connectivity index (χ3n) is 4.16. The summed E-state index contributed by atoms with van der Waals surface area (Å²) in [6.45, 7) is 5.16. The highest BCUT2D eigenvalue weighted by molar-refractivity contribution is 7.90. The average molecular weight is 368 g/mol. The second kappa shape index (κ2) is 11.1. The maximum atomic E-state index is 11.5. The first-order valence-corrected chi connectivity index (χ1v) is 11.0. The van der Waals surface area contributed by atoms with Crippen molar-refractivity contribution in [3.05, 3.63) is 29.8 Å². The van der Waals surface area contributed by atoms with Gasteiger partial charge in [-0.25, -0.2) is 8.42 Å². The molecule has 0 saturated heterocycles. The van der Waals surface area contributed by atoms with Crippen LogP contribution in [0.3, 0.4) is 0 Å². The van der Waals surface area contributed by atoms with Crippen LogP contribution in [0.2, 0.25) is 0 Å². The van der Waals surface area contributed by atoms with E-state index in [1.165, 1.54) is 31.9 Å². The summed E-state index contributed by atoms with van der Waals surface area (Å²) in [7, 11) is -1.35. The average Bonchev–Trinajstić information content (AvgIpc) is 2.57. The van der Waals surface area contributed by atoms with Crippen molar-refractivity contribution in [1.82, 2.24) is 10.6 Å². The molecular weight excluding hydrogens is 334 g/mol. The number of aliphatic imine (C=N–C) groups is 1. The molecule has 0 aliphatic carbocycles. The van der Waals surface area contributed by atoms with E-state index in [0.29, 0.717) is 10.9 Å². The smallest absolute Gasteiger partial charge is 0.191 e. The predicted molar refractivity (Wildman–Crippen MR) is 106 cm³/mol. The Morgan fingerprint density at radius 2 is 1.84 bits per heavy atom. The molecule has 0 aliphatic heterocycles. The largest absolute Gasteiger partial charge is 0.356 e. The standard InChI is InChI=1S/C19H33N3O2S/c1-5-6-7-8-9-16(2)22-19(20-3)21-15-14-17-10-12-18(13-11-17)25(4,23)24/h10-13,16H,5-9,14-15H2,1-4H3,(H2,20,21,22). The van der Waals surface area contributed by atoms with Crippen molar-refractivity contribution in [1.29, 1.82) is 0 Å². The number of hydrogen-bond acceptors (Lipinski definition) is 3. The van der Waals surface area contributed by atoms with Crippen molar-refractivity contribution in [3.8, 4) is 0 Å². The van der Waals surface area contributed by atoms with Gasteiger partial charge < -0.3 is 10.6 Å². The second-order valence-electron chi connectivity index (χ2n) is 6.56. The van der Waals surface area contributed by atoms with E-state index < -0.39 is 9.84 Å². The van der Waals surface area contributed by atoms with Crippen molar-refractivity contribution < 1.29 is 8.42 Å². The fourth-order valence-electron chi connectivity index (χ4n) is 2.61. The summed E-state index contributed by atoms with van der Waals surface area (Å²) in [4.78, 5) is 4.62. The fourth-order valence-corrected chi connectivity index (χ4v) is 3.24. The van der Waals surface area contributed by atoms with Gasteiger partial charge in [-0.05, 0) is 37.5 Å². The van der Waals surface area contributed by atoms with Crippen molar-refractivity contribution in [2.75, 3.05) is 19.8 Å². The monoisotopic (exact) mass is 367 g/mol. The van der Waals surface area contributed by atoms with Gasteiger partial charge in [0, 0.05) is 25.9 Å². The molecule has 0 aromatic heterocycles. The van der Waals surface area contributed by atoms with Crippen molar-refractivity contribution in [2.45, 2.75) is 63.3 Å². The molecule has 0 saturated carbocycles. The number of rotatable bonds is 10. The molecule has 0 fully saturated rings. The van der Waals surface area contributed by atoms with Gasteiger partial charge in [0.15, 0.2) is 15.8 Å². The Labute approximate surface area is 153 Å². The molecule has 0 heterocycles. The van der Waals surface area contributed by atoms with Gasteiger partial charge in [-0.3, -0.25) is 4.99 Å². The molecule has 6 heteroatoms. The summed E-state index contributed by atoms with van der Waals surface area (Å²) in [5.41, 5.74) is 1.10. The van der Waals surface area contributed by atoms with Crippen LogP contribution in [0.1, 0.15) is 51.5 Å². The Kier molecular flexibility index (Phi) is 9.57. The van der Waals surface area contributed by atoms with Crippen LogP contribution >= 0.6 is 0 Å². The Morgan fingerprint density at radius 3 is 2.40 bits per heavy atom. The maximum absolute atomic E-state index is 11.5. The molecule has 0 spiro atoms. The van der Waals surface area contributed by atoms with E-state index >= 15 is 0 Å². The quantitative estimate of drug-likeness (QED) is 0.379. The van der Waals surface area contributed by atoms with Gasteiger partial charge >= 0.3 is 0 Å². The molecule has 0 amide bonds. The van der Waals surface area contributed by atoms with Crippen LogP contribution in [0.25, 0.3) is 0 Å². The first-order valence-electron chi connectivity index (χ1n) is 9.13. The second-order valence-corrected chi connectivity index (χ2v) is 8.58. The molecule has 25 heavy (non-hydrogen) atoms. The Bertz CT molecular complexity index is 625. The third-order valence-corrected chi connectivity index (χ3v) is 5.28. The van der Waals surface area contributed by atoms with E-state index in [2.05, 4.69) is 29.5 Å². The highest BCUT2D eigenvalue weighted by Crippen LogP contribution is 2.10. The number of sulfone groups is 1. The highest BCUT2D eigenvalue weighted by atomic mass is 32.2. The lowest BCUT2D eigenvalue weighted by Crippen LogP contribution is -2.42. The van der Waals surface area contributed by atoms with Crippen LogP contribution in [0.4, 0.5) is 0 Å². The lowest BCUT2D eigenvalue weighted by atomic mass is 10.1. The van der Waals surface area contributed by atoms with Crippen LogP contribution in [0, 0.1) is 0 Å². The molecule has 1 unspecified atom stereocenters. The zero-order chi connectivity index (χ0) is 18.7. The van der Waals surface area contributed by atoms with Crippen LogP contribution in [0.15, 0.2) is 34.2 Å². The minimum Gasteiger partial charge on any atom is -0.356 e. The minimum atomic E-state index is -3.13. The summed E-state index contributed by atoms with van der Waals surface area (Å²) in [5, 5.41) is 6.73. The molecule has 1 rings (SSSR count). The van der Waals surface area contributed by atoms with Gasteiger partial charge in [-0.15, -0.1) is 0 Å². The van der Waals surface area contributed by atoms with E-state index in [1.807, 2.05) is 12.1 Å². The lowest BCUT2D eigenvalue weighted by Gasteiger charge is -2.18. The molecule has 1 aromatic carbocycles. The summed E-state index contributed by atoms with van der Waals surface area (Å²) >= 11 is 0. The maximum Gasteiger partial charge on any atom is 0.191 e. The normalized spacial score (nSPS) is 13.5. The number of nitrogens with zero attached hydrogens (tertiary/aromatic N) is 1. The molecule has 142 valence electrons. The SMILES string of the molecule is CCCCCCC(C)NC(=NC)NCCc1ccc(S(C)(=O)=O)cc1. The Balaban J connectivity index is 2.35. The number of benzene rings is 1. The zero-order valence-electron chi connectivity index (χ0n) is 16.0. The van der Waals surface area contributed by atoms with Gasteiger partial charge in [0.25, 0.3) is 0 Å². The number of hydrogen-bond donors (Lipinski definition) is 2. The van der Waals surface area contributed by atoms with Crippen molar-refractivity contribution in [3.63, 3.8) is 0 Å². The number of unbranched alkanes of at least 4 members (excludes halogenated alkanes) is 3. The Morgan fingerprint density at radius 1 is 1.16 bits per heavy atom. The van der Waals surface area contributed by atoms with Crippen LogP contribution in [0.5, 0.6) is 0 Å². The molecule has 2 N–H and O–H groups in total. The minimum absolute atomic E-state index is 0.360. The highest BCUT2D eigenvalue weighted by Gasteiger charge is 2.07. The molecular formula is C19H33N3O2S. The van der Waals surface area contributed by atoms with Crippen LogP contribution in [-0.4, -0.2) is 40.3 Å². The molecule has 1 aromatic rings. The van der Waals surface area contributed by atoms with Gasteiger partial charge in [-0.2, -0.15) is 0 Å². The molecule has 0 radical (unpaired) electrons. The van der Waals surface area contributed by atoms with Crippen molar-refractivity contribution >= 4 is 15.8 Å². The zero-order valence-corrected chi connectivity index (χ0v) is 16.8. The summed E-state index contributed by atoms with van der Waals surface area (Å²) in [6, 6.07) is 7.46. The predicted octanol–water partition coefficient (Wildman–Crippen LogP) is 3.16. The van der Waals surface area contributed by atoms with Gasteiger partial charge in [-0.1, -0.05) is 44.7 Å². The van der Waals surface area contributed by atoms with Gasteiger partial charge in [0.05, 0.1) is 4.90 Å². The first-order chi connectivity index (χ1) is 11.9. The van der Waals surface area contributed by atoms with Gasteiger partial charge in [0.1, 0.15) is 0 Å². The van der Waals surface area contributed by atoms with Crippen LogP contribution < -0.4 is 10.6 Å². The van der Waals surface area contributed by atoms with Gasteiger partial charge in [0.2, 0.25) is 0 Å². The van der Waals surface area contributed by atoms with E-state index in [1.54, 1.807) is 19.2 Å². The summed E-state index contributed by atoms with van der Waals surface area (Å²) < 4.78 is 22.9. The van der Waals surface area contributed by atoms with E-state index in [0.717, 1.165) is 30.9 Å². The summed E-state index contributed by atoms with van der Waals surface area (Å²) in [6.07, 6.45) is 8.28.